The first kappa shape index (κ1) is 13.6. The topological polar surface area (TPSA) is 0 Å². The average Bonchev–Trinajstić information content (AvgIpc) is 3.00. The Morgan fingerprint density at radius 1 is 0.571 bits per heavy atom. The van der Waals surface area contributed by atoms with Gasteiger partial charge in [0, 0.05) is 4.88 Å². The highest BCUT2D eigenvalue weighted by Gasteiger charge is 1.97. The molecule has 0 radical (unpaired) electrons. The lowest BCUT2D eigenvalue weighted by molar-refractivity contribution is 1.66. The fourth-order valence-electron chi connectivity index (χ4n) is 2.09. The Bertz CT molecular complexity index is 670. The van der Waals surface area contributed by atoms with Gasteiger partial charge >= 0.3 is 0 Å². The SMILES string of the molecule is C(=C\c1ccsc1/C=C/c1ccccc1)/c1ccccc1. The Morgan fingerprint density at radius 2 is 1.14 bits per heavy atom. The van der Waals surface area contributed by atoms with Crippen molar-refractivity contribution in [2.45, 2.75) is 0 Å². The molecule has 102 valence electrons. The molecule has 0 aliphatic carbocycles. The summed E-state index contributed by atoms with van der Waals surface area (Å²) in [6, 6.07) is 22.9. The second-order valence-electron chi connectivity index (χ2n) is 4.73. The average molecular weight is 288 g/mol. The largest absolute Gasteiger partial charge is 0.144 e. The van der Waals surface area contributed by atoms with Crippen LogP contribution in [-0.2, 0) is 0 Å². The van der Waals surface area contributed by atoms with E-state index in [4.69, 9.17) is 0 Å². The summed E-state index contributed by atoms with van der Waals surface area (Å²) in [6.45, 7) is 0. The molecular formula is C20H16S. The van der Waals surface area contributed by atoms with Gasteiger partial charge < -0.3 is 0 Å². The first-order chi connectivity index (χ1) is 10.4. The Morgan fingerprint density at radius 3 is 1.76 bits per heavy atom. The van der Waals surface area contributed by atoms with Crippen molar-refractivity contribution in [3.05, 3.63) is 93.7 Å². The summed E-state index contributed by atoms with van der Waals surface area (Å²) in [5, 5.41) is 2.13. The quantitative estimate of drug-likeness (QED) is 0.545. The van der Waals surface area contributed by atoms with Crippen LogP contribution in [0.25, 0.3) is 24.3 Å². The van der Waals surface area contributed by atoms with Gasteiger partial charge in [0.25, 0.3) is 0 Å². The van der Waals surface area contributed by atoms with E-state index in [-0.39, 0.29) is 0 Å². The Hall–Kier alpha value is -2.38. The molecule has 0 fully saturated rings. The van der Waals surface area contributed by atoms with Gasteiger partial charge in [0.2, 0.25) is 0 Å². The molecule has 0 saturated carbocycles. The second kappa shape index (κ2) is 6.87. The molecule has 0 unspecified atom stereocenters. The molecule has 0 saturated heterocycles. The summed E-state index contributed by atoms with van der Waals surface area (Å²) in [4.78, 5) is 1.28. The normalized spacial score (nSPS) is 11.4. The molecule has 1 heterocycles. The molecule has 0 aliphatic heterocycles. The molecule has 1 heteroatoms. The smallest absolute Gasteiger partial charge is 0.0342 e. The fourth-order valence-corrected chi connectivity index (χ4v) is 2.87. The molecule has 1 aromatic heterocycles. The number of hydrogen-bond acceptors (Lipinski definition) is 1. The number of thiophene rings is 1. The van der Waals surface area contributed by atoms with E-state index in [1.807, 2.05) is 12.1 Å². The minimum absolute atomic E-state index is 1.22. The van der Waals surface area contributed by atoms with Crippen LogP contribution in [0.1, 0.15) is 21.6 Å². The third-order valence-corrected chi connectivity index (χ3v) is 4.11. The van der Waals surface area contributed by atoms with E-state index in [1.54, 1.807) is 11.3 Å². The highest BCUT2D eigenvalue weighted by molar-refractivity contribution is 7.11. The van der Waals surface area contributed by atoms with Crippen LogP contribution in [0.2, 0.25) is 0 Å². The van der Waals surface area contributed by atoms with Crippen LogP contribution in [0.3, 0.4) is 0 Å². The Balaban J connectivity index is 1.78. The number of benzene rings is 2. The molecule has 0 aliphatic rings. The minimum atomic E-state index is 1.22. The van der Waals surface area contributed by atoms with Crippen LogP contribution in [0.5, 0.6) is 0 Å². The lowest BCUT2D eigenvalue weighted by Gasteiger charge is -1.95. The van der Waals surface area contributed by atoms with Gasteiger partial charge in [-0.05, 0) is 34.2 Å². The second-order valence-corrected chi connectivity index (χ2v) is 5.68. The van der Waals surface area contributed by atoms with Crippen LogP contribution in [-0.4, -0.2) is 0 Å². The number of hydrogen-bond donors (Lipinski definition) is 0. The molecule has 0 atom stereocenters. The van der Waals surface area contributed by atoms with Crippen molar-refractivity contribution in [2.24, 2.45) is 0 Å². The van der Waals surface area contributed by atoms with Crippen molar-refractivity contribution in [3.8, 4) is 0 Å². The highest BCUT2D eigenvalue weighted by atomic mass is 32.1. The van der Waals surface area contributed by atoms with Crippen LogP contribution in [0, 0.1) is 0 Å². The van der Waals surface area contributed by atoms with Crippen LogP contribution >= 0.6 is 11.3 Å². The predicted molar refractivity (Wildman–Crippen MR) is 95.1 cm³/mol. The van der Waals surface area contributed by atoms with Gasteiger partial charge in [-0.25, -0.2) is 0 Å². The van der Waals surface area contributed by atoms with Crippen LogP contribution in [0.4, 0.5) is 0 Å². The molecule has 3 aromatic rings. The maximum Gasteiger partial charge on any atom is 0.0342 e. The predicted octanol–water partition coefficient (Wildman–Crippen LogP) is 6.09. The molecular weight excluding hydrogens is 272 g/mol. The van der Waals surface area contributed by atoms with Gasteiger partial charge in [0.15, 0.2) is 0 Å². The van der Waals surface area contributed by atoms with Gasteiger partial charge in [-0.2, -0.15) is 0 Å². The minimum Gasteiger partial charge on any atom is -0.144 e. The molecule has 2 aromatic carbocycles. The van der Waals surface area contributed by atoms with E-state index in [9.17, 15) is 0 Å². The van der Waals surface area contributed by atoms with E-state index in [0.29, 0.717) is 0 Å². The third-order valence-electron chi connectivity index (χ3n) is 3.21. The third kappa shape index (κ3) is 3.80. The highest BCUT2D eigenvalue weighted by Crippen LogP contribution is 2.22. The maximum absolute atomic E-state index is 2.19. The summed E-state index contributed by atoms with van der Waals surface area (Å²) in [7, 11) is 0. The summed E-state index contributed by atoms with van der Waals surface area (Å²) >= 11 is 1.77. The molecule has 21 heavy (non-hydrogen) atoms. The van der Waals surface area contributed by atoms with E-state index in [1.165, 1.54) is 21.6 Å². The van der Waals surface area contributed by atoms with Gasteiger partial charge in [-0.1, -0.05) is 78.9 Å². The molecule has 0 bridgehead atoms. The zero-order chi connectivity index (χ0) is 14.3. The monoisotopic (exact) mass is 288 g/mol. The van der Waals surface area contributed by atoms with E-state index < -0.39 is 0 Å². The van der Waals surface area contributed by atoms with Gasteiger partial charge in [0.1, 0.15) is 0 Å². The van der Waals surface area contributed by atoms with Gasteiger partial charge in [0.05, 0.1) is 0 Å². The van der Waals surface area contributed by atoms with Crippen LogP contribution < -0.4 is 0 Å². The Labute approximate surface area is 129 Å². The van der Waals surface area contributed by atoms with Crippen molar-refractivity contribution in [2.75, 3.05) is 0 Å². The van der Waals surface area contributed by atoms with E-state index in [2.05, 4.69) is 84.3 Å². The van der Waals surface area contributed by atoms with Crippen molar-refractivity contribution in [3.63, 3.8) is 0 Å². The first-order valence-electron chi connectivity index (χ1n) is 6.95. The standard InChI is InChI=1S/C20H16S/c1-3-7-17(8-4-1)11-13-19-15-16-21-20(19)14-12-18-9-5-2-6-10-18/h1-16H/b13-11+,14-12+. The number of rotatable bonds is 4. The summed E-state index contributed by atoms with van der Waals surface area (Å²) in [6.07, 6.45) is 8.68. The van der Waals surface area contributed by atoms with Crippen LogP contribution in [0.15, 0.2) is 72.1 Å². The summed E-state index contributed by atoms with van der Waals surface area (Å²) in [5.74, 6) is 0. The van der Waals surface area contributed by atoms with Crippen molar-refractivity contribution in [1.82, 2.24) is 0 Å². The Kier molecular flexibility index (Phi) is 4.45. The van der Waals surface area contributed by atoms with Crippen molar-refractivity contribution in [1.29, 1.82) is 0 Å². The molecule has 3 rings (SSSR count). The molecule has 0 nitrogen and oxygen atoms in total. The van der Waals surface area contributed by atoms with E-state index in [0.717, 1.165) is 0 Å². The van der Waals surface area contributed by atoms with Gasteiger partial charge in [-0.15, -0.1) is 11.3 Å². The molecule has 0 N–H and O–H groups in total. The summed E-state index contributed by atoms with van der Waals surface area (Å²) in [5.41, 5.74) is 3.71. The van der Waals surface area contributed by atoms with Crippen molar-refractivity contribution >= 4 is 35.6 Å². The zero-order valence-corrected chi connectivity index (χ0v) is 12.5. The summed E-state index contributed by atoms with van der Waals surface area (Å²) < 4.78 is 0. The van der Waals surface area contributed by atoms with Crippen molar-refractivity contribution < 1.29 is 0 Å². The fraction of sp³-hybridized carbons (Fsp3) is 0. The molecule has 0 amide bonds. The van der Waals surface area contributed by atoms with E-state index >= 15 is 0 Å². The maximum atomic E-state index is 2.19. The zero-order valence-electron chi connectivity index (χ0n) is 11.6. The lowest BCUT2D eigenvalue weighted by atomic mass is 10.1. The van der Waals surface area contributed by atoms with Gasteiger partial charge in [-0.3, -0.25) is 0 Å². The molecule has 0 spiro atoms. The first-order valence-corrected chi connectivity index (χ1v) is 7.83. The lowest BCUT2D eigenvalue weighted by Crippen LogP contribution is -1.73.